The summed E-state index contributed by atoms with van der Waals surface area (Å²) in [5, 5.41) is 13.5. The molecule has 0 bridgehead atoms. The Kier molecular flexibility index (Phi) is 6.99. The van der Waals surface area contributed by atoms with Gasteiger partial charge in [-0.3, -0.25) is 15.4 Å². The van der Waals surface area contributed by atoms with E-state index < -0.39 is 17.0 Å². The van der Waals surface area contributed by atoms with Gasteiger partial charge in [0.1, 0.15) is 12.2 Å². The van der Waals surface area contributed by atoms with Crippen molar-refractivity contribution in [1.29, 1.82) is 0 Å². The minimum absolute atomic E-state index is 0.00579. The van der Waals surface area contributed by atoms with E-state index in [1.54, 1.807) is 0 Å². The van der Waals surface area contributed by atoms with Crippen molar-refractivity contribution in [3.05, 3.63) is 0 Å². The van der Waals surface area contributed by atoms with Crippen LogP contribution in [-0.4, -0.2) is 61.6 Å². The smallest absolute Gasteiger partial charge is 0.306 e. The van der Waals surface area contributed by atoms with Crippen molar-refractivity contribution >= 4 is 11.9 Å². The van der Waals surface area contributed by atoms with Gasteiger partial charge >= 0.3 is 11.9 Å². The highest BCUT2D eigenvalue weighted by Gasteiger charge is 2.47. The summed E-state index contributed by atoms with van der Waals surface area (Å²) >= 11 is 0. The van der Waals surface area contributed by atoms with Crippen LogP contribution in [0.4, 0.5) is 0 Å². The Morgan fingerprint density at radius 2 is 1.07 bits per heavy atom. The zero-order chi connectivity index (χ0) is 23.1. The summed E-state index contributed by atoms with van der Waals surface area (Å²) in [5.41, 5.74) is -1.56. The normalized spacial score (nSPS) is 26.9. The number of hydrogen-bond donors (Lipinski definition) is 2. The summed E-state index contributed by atoms with van der Waals surface area (Å²) in [6, 6.07) is 0. The van der Waals surface area contributed by atoms with E-state index in [1.807, 2.05) is 60.4 Å². The minimum atomic E-state index is -0.497. The standard InChI is InChI=1S/C22H41N3O5/c1-19(2)11-15(12-20(3,4)24(19)23)29-17(26)9-10-18(27)30-16-13-21(5,6)25(28)22(7,8)14-16/h15-16,28H,9-14,23H2,1-8H3. The lowest BCUT2D eigenvalue weighted by Gasteiger charge is -2.52. The summed E-state index contributed by atoms with van der Waals surface area (Å²) < 4.78 is 11.3. The topological polar surface area (TPSA) is 105 Å². The third-order valence-corrected chi connectivity index (χ3v) is 6.49. The molecule has 0 amide bonds. The molecular weight excluding hydrogens is 386 g/mol. The minimum Gasteiger partial charge on any atom is -0.462 e. The number of nitrogens with zero attached hydrogens (tertiary/aromatic N) is 2. The van der Waals surface area contributed by atoms with E-state index in [1.165, 1.54) is 5.06 Å². The largest absolute Gasteiger partial charge is 0.462 e. The Morgan fingerprint density at radius 1 is 0.767 bits per heavy atom. The maximum absolute atomic E-state index is 12.3. The maximum atomic E-state index is 12.3. The van der Waals surface area contributed by atoms with Crippen molar-refractivity contribution < 1.29 is 24.3 Å². The maximum Gasteiger partial charge on any atom is 0.306 e. The van der Waals surface area contributed by atoms with Crippen LogP contribution >= 0.6 is 0 Å². The second-order valence-electron chi connectivity index (χ2n) is 11.5. The second-order valence-corrected chi connectivity index (χ2v) is 11.5. The van der Waals surface area contributed by atoms with Gasteiger partial charge in [-0.1, -0.05) is 0 Å². The van der Waals surface area contributed by atoms with Crippen LogP contribution in [0.1, 0.15) is 93.9 Å². The predicted molar refractivity (Wildman–Crippen MR) is 113 cm³/mol. The molecule has 3 N–H and O–H groups in total. The van der Waals surface area contributed by atoms with Gasteiger partial charge in [0.15, 0.2) is 0 Å². The lowest BCUT2D eigenvalue weighted by molar-refractivity contribution is -0.259. The number of hydrogen-bond acceptors (Lipinski definition) is 8. The van der Waals surface area contributed by atoms with Gasteiger partial charge in [0.2, 0.25) is 0 Å². The predicted octanol–water partition coefficient (Wildman–Crippen LogP) is 3.16. The van der Waals surface area contributed by atoms with Gasteiger partial charge in [0.05, 0.1) is 12.8 Å². The third-order valence-electron chi connectivity index (χ3n) is 6.49. The van der Waals surface area contributed by atoms with Crippen LogP contribution in [0.5, 0.6) is 0 Å². The molecular formula is C22H41N3O5. The van der Waals surface area contributed by atoms with E-state index in [4.69, 9.17) is 15.3 Å². The summed E-state index contributed by atoms with van der Waals surface area (Å²) in [6.45, 7) is 15.8. The molecule has 2 rings (SSSR count). The van der Waals surface area contributed by atoms with E-state index >= 15 is 0 Å². The fourth-order valence-electron chi connectivity index (χ4n) is 5.24. The van der Waals surface area contributed by atoms with E-state index in [0.29, 0.717) is 25.7 Å². The molecule has 2 saturated heterocycles. The molecule has 0 aromatic rings. The number of carbonyl (C=O) groups is 2. The van der Waals surface area contributed by atoms with Gasteiger partial charge in [0.25, 0.3) is 0 Å². The monoisotopic (exact) mass is 427 g/mol. The fraction of sp³-hybridized carbons (Fsp3) is 0.909. The fourth-order valence-corrected chi connectivity index (χ4v) is 5.24. The number of hydrazine groups is 1. The van der Waals surface area contributed by atoms with Gasteiger partial charge in [-0.15, -0.1) is 0 Å². The van der Waals surface area contributed by atoms with Crippen LogP contribution in [0.15, 0.2) is 0 Å². The van der Waals surface area contributed by atoms with Gasteiger partial charge in [0, 0.05) is 47.8 Å². The molecule has 0 aromatic heterocycles. The number of carbonyl (C=O) groups excluding carboxylic acids is 2. The Hall–Kier alpha value is -1.22. The molecule has 2 heterocycles. The van der Waals surface area contributed by atoms with Gasteiger partial charge in [-0.25, -0.2) is 5.01 Å². The molecule has 8 heteroatoms. The van der Waals surface area contributed by atoms with Crippen LogP contribution in [0.2, 0.25) is 0 Å². The molecule has 0 spiro atoms. The van der Waals surface area contributed by atoms with Crippen molar-refractivity contribution in [1.82, 2.24) is 10.1 Å². The Labute approximate surface area is 181 Å². The highest BCUT2D eigenvalue weighted by Crippen LogP contribution is 2.38. The van der Waals surface area contributed by atoms with Crippen LogP contribution < -0.4 is 5.84 Å². The Morgan fingerprint density at radius 3 is 1.40 bits per heavy atom. The third kappa shape index (κ3) is 5.72. The molecule has 0 atom stereocenters. The first kappa shape index (κ1) is 25.0. The van der Waals surface area contributed by atoms with E-state index in [2.05, 4.69) is 0 Å². The number of ether oxygens (including phenoxy) is 2. The lowest BCUT2D eigenvalue weighted by atomic mass is 9.80. The molecule has 2 aliphatic rings. The highest BCUT2D eigenvalue weighted by molar-refractivity contribution is 5.77. The van der Waals surface area contributed by atoms with Crippen molar-refractivity contribution in [2.75, 3.05) is 0 Å². The second kappa shape index (κ2) is 8.37. The zero-order valence-corrected chi connectivity index (χ0v) is 19.9. The molecule has 0 radical (unpaired) electrons. The van der Waals surface area contributed by atoms with E-state index in [-0.39, 0.29) is 42.1 Å². The average Bonchev–Trinajstić information content (AvgIpc) is 2.54. The Bertz CT molecular complexity index is 567. The summed E-state index contributed by atoms with van der Waals surface area (Å²) in [5.74, 6) is 5.43. The molecule has 2 fully saturated rings. The van der Waals surface area contributed by atoms with Gasteiger partial charge in [-0.2, -0.15) is 5.06 Å². The van der Waals surface area contributed by atoms with Gasteiger partial charge in [-0.05, 0) is 55.4 Å². The van der Waals surface area contributed by atoms with Crippen molar-refractivity contribution in [2.45, 2.75) is 128 Å². The molecule has 0 saturated carbocycles. The SMILES string of the molecule is CC1(C)CC(OC(=O)CCC(=O)OC2CC(C)(C)N(O)C(C)(C)C2)CC(C)(C)N1N. The Balaban J connectivity index is 1.83. The lowest BCUT2D eigenvalue weighted by Crippen LogP contribution is -2.65. The first-order chi connectivity index (χ1) is 13.5. The van der Waals surface area contributed by atoms with E-state index in [9.17, 15) is 14.8 Å². The average molecular weight is 428 g/mol. The van der Waals surface area contributed by atoms with Crippen LogP contribution in [0.25, 0.3) is 0 Å². The van der Waals surface area contributed by atoms with Crippen LogP contribution in [-0.2, 0) is 19.1 Å². The van der Waals surface area contributed by atoms with Crippen LogP contribution in [0.3, 0.4) is 0 Å². The first-order valence-corrected chi connectivity index (χ1v) is 10.9. The van der Waals surface area contributed by atoms with Gasteiger partial charge < -0.3 is 14.7 Å². The summed E-state index contributed by atoms with van der Waals surface area (Å²) in [6.07, 6.45) is 1.82. The molecule has 30 heavy (non-hydrogen) atoms. The van der Waals surface area contributed by atoms with Crippen molar-refractivity contribution in [3.8, 4) is 0 Å². The summed E-state index contributed by atoms with van der Waals surface area (Å²) in [7, 11) is 0. The first-order valence-electron chi connectivity index (χ1n) is 10.9. The molecule has 0 aliphatic carbocycles. The zero-order valence-electron chi connectivity index (χ0n) is 19.9. The van der Waals surface area contributed by atoms with Crippen molar-refractivity contribution in [2.24, 2.45) is 5.84 Å². The number of hydroxylamine groups is 2. The molecule has 174 valence electrons. The van der Waals surface area contributed by atoms with E-state index in [0.717, 1.165) is 0 Å². The van der Waals surface area contributed by atoms with Crippen LogP contribution in [0, 0.1) is 0 Å². The summed E-state index contributed by atoms with van der Waals surface area (Å²) in [4.78, 5) is 24.7. The number of esters is 2. The van der Waals surface area contributed by atoms with Crippen molar-refractivity contribution in [3.63, 3.8) is 0 Å². The quantitative estimate of drug-likeness (QED) is 0.509. The molecule has 0 unspecified atom stereocenters. The number of piperidine rings is 2. The molecule has 8 nitrogen and oxygen atoms in total. The highest BCUT2D eigenvalue weighted by atomic mass is 16.6. The molecule has 0 aromatic carbocycles. The number of nitrogens with two attached hydrogens (primary N) is 1. The molecule has 2 aliphatic heterocycles. The number of rotatable bonds is 5.